The van der Waals surface area contributed by atoms with Crippen LogP contribution in [0, 0.1) is 0 Å². The molecule has 9 heteroatoms. The van der Waals surface area contributed by atoms with Gasteiger partial charge in [0.2, 0.25) is 0 Å². The van der Waals surface area contributed by atoms with Gasteiger partial charge in [0.15, 0.2) is 10.8 Å². The zero-order valence-corrected chi connectivity index (χ0v) is 13.3. The van der Waals surface area contributed by atoms with Crippen LogP contribution in [-0.4, -0.2) is 41.5 Å². The first-order chi connectivity index (χ1) is 9.09. The largest absolute Gasteiger partial charge is 0.435 e. The van der Waals surface area contributed by atoms with Gasteiger partial charge < -0.3 is 14.7 Å². The van der Waals surface area contributed by atoms with Gasteiger partial charge in [-0.15, -0.1) is 0 Å². The van der Waals surface area contributed by atoms with Crippen molar-refractivity contribution in [2.45, 2.75) is 31.7 Å². The molecule has 1 unspecified atom stereocenters. The zero-order chi connectivity index (χ0) is 15.1. The summed E-state index contributed by atoms with van der Waals surface area (Å²) in [4.78, 5) is 5.36. The van der Waals surface area contributed by atoms with Crippen LogP contribution < -0.4 is 4.90 Å². The molecule has 1 aliphatic rings. The molecule has 1 aromatic rings. The molecule has 0 bridgehead atoms. The molecule has 4 nitrogen and oxygen atoms in total. The first-order valence-corrected chi connectivity index (χ1v) is 7.52. The maximum absolute atomic E-state index is 12.7. The predicted octanol–water partition coefficient (Wildman–Crippen LogP) is 2.90. The van der Waals surface area contributed by atoms with Crippen LogP contribution in [0.25, 0.3) is 0 Å². The quantitative estimate of drug-likeness (QED) is 0.864. The van der Waals surface area contributed by atoms with Crippen LogP contribution in [0.15, 0.2) is 3.79 Å². The van der Waals surface area contributed by atoms with Gasteiger partial charge in [0.1, 0.15) is 9.89 Å². The number of alkyl halides is 3. The summed E-state index contributed by atoms with van der Waals surface area (Å²) in [5.74, 6) is 0. The normalized spacial score (nSPS) is 21.4. The Morgan fingerprint density at radius 1 is 1.45 bits per heavy atom. The van der Waals surface area contributed by atoms with Gasteiger partial charge in [-0.2, -0.15) is 13.2 Å². The fourth-order valence-corrected chi connectivity index (χ4v) is 3.45. The van der Waals surface area contributed by atoms with E-state index in [1.807, 2.05) is 0 Å². The molecule has 1 aliphatic heterocycles. The van der Waals surface area contributed by atoms with Crippen LogP contribution >= 0.6 is 27.3 Å². The summed E-state index contributed by atoms with van der Waals surface area (Å²) in [7, 11) is 0. The lowest BCUT2D eigenvalue weighted by Crippen LogP contribution is -2.52. The number of aliphatic hydroxyl groups is 1. The first-order valence-electron chi connectivity index (χ1n) is 5.91. The van der Waals surface area contributed by atoms with Crippen LogP contribution in [0.1, 0.15) is 19.5 Å². The Hall–Kier alpha value is -0.380. The highest BCUT2D eigenvalue weighted by Crippen LogP contribution is 2.40. The molecular formula is C11H14BrF3N2O2S. The van der Waals surface area contributed by atoms with E-state index in [4.69, 9.17) is 4.74 Å². The second kappa shape index (κ2) is 5.43. The van der Waals surface area contributed by atoms with E-state index in [1.165, 1.54) is 0 Å². The van der Waals surface area contributed by atoms with Gasteiger partial charge in [-0.05, 0) is 29.8 Å². The van der Waals surface area contributed by atoms with Crippen molar-refractivity contribution in [3.05, 3.63) is 9.48 Å². The van der Waals surface area contributed by atoms with E-state index in [2.05, 4.69) is 20.9 Å². The van der Waals surface area contributed by atoms with Gasteiger partial charge in [0.05, 0.1) is 12.2 Å². The van der Waals surface area contributed by atoms with Gasteiger partial charge in [0.25, 0.3) is 0 Å². The van der Waals surface area contributed by atoms with Crippen molar-refractivity contribution in [3.63, 3.8) is 0 Å². The van der Waals surface area contributed by atoms with Crippen LogP contribution in [0.3, 0.4) is 0 Å². The van der Waals surface area contributed by atoms with E-state index in [9.17, 15) is 18.3 Å². The number of morpholine rings is 1. The molecular weight excluding hydrogens is 361 g/mol. The zero-order valence-electron chi connectivity index (χ0n) is 10.9. The SMILES string of the molecule is CC(C)(O)C1CN(c2nc(C(F)(F)F)c(Br)s2)CCO1. The summed E-state index contributed by atoms with van der Waals surface area (Å²) in [6.07, 6.45) is -4.94. The average molecular weight is 375 g/mol. The summed E-state index contributed by atoms with van der Waals surface area (Å²) < 4.78 is 43.6. The second-order valence-electron chi connectivity index (χ2n) is 5.08. The lowest BCUT2D eigenvalue weighted by atomic mass is 10.0. The molecule has 1 saturated heterocycles. The summed E-state index contributed by atoms with van der Waals surface area (Å²) in [6.45, 7) is 4.32. The number of ether oxygens (including phenoxy) is 1. The molecule has 0 aromatic carbocycles. The van der Waals surface area contributed by atoms with Crippen molar-refractivity contribution in [1.82, 2.24) is 4.98 Å². The Bertz CT molecular complexity index is 487. The molecule has 0 radical (unpaired) electrons. The highest BCUT2D eigenvalue weighted by molar-refractivity contribution is 9.11. The van der Waals surface area contributed by atoms with Gasteiger partial charge in [-0.1, -0.05) is 11.3 Å². The first kappa shape index (κ1) is 16.0. The fraction of sp³-hybridized carbons (Fsp3) is 0.727. The Kier molecular flexibility index (Phi) is 4.35. The van der Waals surface area contributed by atoms with E-state index < -0.39 is 23.6 Å². The molecule has 20 heavy (non-hydrogen) atoms. The van der Waals surface area contributed by atoms with Gasteiger partial charge in [-0.25, -0.2) is 4.98 Å². The minimum absolute atomic E-state index is 0.0358. The van der Waals surface area contributed by atoms with E-state index in [0.717, 1.165) is 11.3 Å². The molecule has 1 fully saturated rings. The highest BCUT2D eigenvalue weighted by atomic mass is 79.9. The number of rotatable bonds is 2. The molecule has 114 valence electrons. The van der Waals surface area contributed by atoms with Crippen LogP contribution in [-0.2, 0) is 10.9 Å². The Labute approximate surface area is 126 Å². The van der Waals surface area contributed by atoms with Crippen molar-refractivity contribution < 1.29 is 23.0 Å². The Morgan fingerprint density at radius 3 is 2.60 bits per heavy atom. The van der Waals surface area contributed by atoms with Gasteiger partial charge in [0, 0.05) is 13.1 Å². The third kappa shape index (κ3) is 3.44. The van der Waals surface area contributed by atoms with E-state index in [0.29, 0.717) is 19.7 Å². The maximum atomic E-state index is 12.7. The molecule has 1 atom stereocenters. The van der Waals surface area contributed by atoms with E-state index >= 15 is 0 Å². The third-order valence-electron chi connectivity index (χ3n) is 2.97. The fourth-order valence-electron chi connectivity index (χ4n) is 1.85. The number of nitrogens with zero attached hydrogens (tertiary/aromatic N) is 2. The van der Waals surface area contributed by atoms with Crippen LogP contribution in [0.5, 0.6) is 0 Å². The van der Waals surface area contributed by atoms with Crippen LogP contribution in [0.2, 0.25) is 0 Å². The summed E-state index contributed by atoms with van der Waals surface area (Å²) in [5, 5.41) is 10.2. The number of aromatic nitrogens is 1. The molecule has 2 rings (SSSR count). The number of hydrogen-bond donors (Lipinski definition) is 1. The van der Waals surface area contributed by atoms with Gasteiger partial charge >= 0.3 is 6.18 Å². The molecule has 2 heterocycles. The summed E-state index contributed by atoms with van der Waals surface area (Å²) >= 11 is 3.84. The minimum Gasteiger partial charge on any atom is -0.388 e. The number of thiazole rings is 1. The molecule has 1 aromatic heterocycles. The molecule has 0 amide bonds. The van der Waals surface area contributed by atoms with E-state index in [1.54, 1.807) is 18.7 Å². The molecule has 0 spiro atoms. The predicted molar refractivity (Wildman–Crippen MR) is 73.1 cm³/mol. The standard InChI is InChI=1S/C11H14BrF3N2O2S/c1-10(2,18)6-5-17(3-4-19-6)9-16-7(8(12)20-9)11(13,14)15/h6,18H,3-5H2,1-2H3. The van der Waals surface area contributed by atoms with E-state index in [-0.39, 0.29) is 8.92 Å². The number of hydrogen-bond acceptors (Lipinski definition) is 5. The monoisotopic (exact) mass is 374 g/mol. The lowest BCUT2D eigenvalue weighted by molar-refractivity contribution is -0.141. The Morgan fingerprint density at radius 2 is 2.10 bits per heavy atom. The third-order valence-corrected chi connectivity index (χ3v) is 4.73. The van der Waals surface area contributed by atoms with Crippen LogP contribution in [0.4, 0.5) is 18.3 Å². The molecule has 1 N–H and O–H groups in total. The maximum Gasteiger partial charge on any atom is 0.435 e. The smallest absolute Gasteiger partial charge is 0.388 e. The number of halogens is 4. The average Bonchev–Trinajstić information content (AvgIpc) is 2.70. The second-order valence-corrected chi connectivity index (χ2v) is 7.37. The van der Waals surface area contributed by atoms with Crippen molar-refractivity contribution in [1.29, 1.82) is 0 Å². The Balaban J connectivity index is 2.20. The highest BCUT2D eigenvalue weighted by Gasteiger charge is 2.39. The van der Waals surface area contributed by atoms with Gasteiger partial charge in [-0.3, -0.25) is 0 Å². The van der Waals surface area contributed by atoms with Crippen molar-refractivity contribution in [2.24, 2.45) is 0 Å². The lowest BCUT2D eigenvalue weighted by Gasteiger charge is -2.38. The molecule has 0 aliphatic carbocycles. The van der Waals surface area contributed by atoms with Crippen molar-refractivity contribution in [2.75, 3.05) is 24.6 Å². The summed E-state index contributed by atoms with van der Waals surface area (Å²) in [6, 6.07) is 0. The summed E-state index contributed by atoms with van der Waals surface area (Å²) in [5.41, 5.74) is -1.97. The number of anilines is 1. The topological polar surface area (TPSA) is 45.6 Å². The minimum atomic E-state index is -4.48. The molecule has 0 saturated carbocycles. The van der Waals surface area contributed by atoms with Crippen molar-refractivity contribution in [3.8, 4) is 0 Å². The van der Waals surface area contributed by atoms with Crippen molar-refractivity contribution >= 4 is 32.4 Å².